The van der Waals surface area contributed by atoms with E-state index in [2.05, 4.69) is 4.74 Å². The van der Waals surface area contributed by atoms with Crippen LogP contribution in [-0.4, -0.2) is 12.7 Å². The van der Waals surface area contributed by atoms with Gasteiger partial charge in [0.25, 0.3) is 0 Å². The van der Waals surface area contributed by atoms with E-state index in [1.165, 1.54) is 0 Å². The Morgan fingerprint density at radius 2 is 2.36 bits per heavy atom. The number of halogens is 2. The summed E-state index contributed by atoms with van der Waals surface area (Å²) in [5, 5.41) is 0. The Labute approximate surface area is 64.4 Å². The molecule has 1 aliphatic rings. The first-order chi connectivity index (χ1) is 5.18. The van der Waals surface area contributed by atoms with Gasteiger partial charge in [0, 0.05) is 0 Å². The first-order valence-electron chi connectivity index (χ1n) is 3.46. The summed E-state index contributed by atoms with van der Waals surface area (Å²) in [4.78, 5) is 0. The second kappa shape index (κ2) is 3.62. The van der Waals surface area contributed by atoms with Gasteiger partial charge in [-0.3, -0.25) is 0 Å². The van der Waals surface area contributed by atoms with Crippen molar-refractivity contribution in [2.24, 2.45) is 0 Å². The minimum Gasteiger partial charge on any atom is -0.315 e. The zero-order valence-corrected chi connectivity index (χ0v) is 6.26. The number of hydrogen-bond donors (Lipinski definition) is 0. The maximum Gasteiger partial charge on any atom is 0.345 e. The van der Waals surface area contributed by atoms with Crippen molar-refractivity contribution < 1.29 is 13.5 Å². The van der Waals surface area contributed by atoms with Gasteiger partial charge in [-0.1, -0.05) is 23.8 Å². The van der Waals surface area contributed by atoms with Crippen LogP contribution >= 0.6 is 0 Å². The molecule has 0 aromatic rings. The van der Waals surface area contributed by atoms with Crippen molar-refractivity contribution in [2.45, 2.75) is 26.1 Å². The second-order valence-electron chi connectivity index (χ2n) is 2.54. The average molecular weight is 160 g/mol. The lowest BCUT2D eigenvalue weighted by Crippen LogP contribution is -2.15. The van der Waals surface area contributed by atoms with Crippen LogP contribution in [0, 0.1) is 0 Å². The van der Waals surface area contributed by atoms with Gasteiger partial charge < -0.3 is 4.74 Å². The fourth-order valence-electron chi connectivity index (χ4n) is 1.02. The molecule has 0 spiro atoms. The minimum absolute atomic E-state index is 0.444. The highest BCUT2D eigenvalue weighted by Gasteiger charge is 2.13. The fourth-order valence-corrected chi connectivity index (χ4v) is 1.02. The van der Waals surface area contributed by atoms with Gasteiger partial charge >= 0.3 is 6.61 Å². The lowest BCUT2D eigenvalue weighted by atomic mass is 10.0. The van der Waals surface area contributed by atoms with E-state index in [4.69, 9.17) is 0 Å². The van der Waals surface area contributed by atoms with E-state index in [1.54, 1.807) is 12.2 Å². The van der Waals surface area contributed by atoms with Gasteiger partial charge in [-0.05, 0) is 13.3 Å². The van der Waals surface area contributed by atoms with Gasteiger partial charge in [0.15, 0.2) is 0 Å². The average Bonchev–Trinajstić information content (AvgIpc) is 1.85. The molecule has 1 rings (SSSR count). The molecule has 62 valence electrons. The normalized spacial score (nSPS) is 24.0. The van der Waals surface area contributed by atoms with E-state index in [9.17, 15) is 8.78 Å². The molecule has 11 heavy (non-hydrogen) atoms. The standard InChI is InChI=1S/C8H10F2O/c1-6-3-2-4-7(5-6)11-8(9)10/h2-4,7-8H,5H2,1H3. The highest BCUT2D eigenvalue weighted by Crippen LogP contribution is 2.16. The lowest BCUT2D eigenvalue weighted by molar-refractivity contribution is -0.149. The third-order valence-corrected chi connectivity index (χ3v) is 1.51. The first-order valence-corrected chi connectivity index (χ1v) is 3.46. The molecule has 0 bridgehead atoms. The molecule has 1 unspecified atom stereocenters. The van der Waals surface area contributed by atoms with E-state index in [0.29, 0.717) is 6.42 Å². The van der Waals surface area contributed by atoms with Gasteiger partial charge in [0.2, 0.25) is 0 Å². The van der Waals surface area contributed by atoms with Gasteiger partial charge in [0.1, 0.15) is 0 Å². The smallest absolute Gasteiger partial charge is 0.315 e. The molecular formula is C8H10F2O. The van der Waals surface area contributed by atoms with Crippen LogP contribution in [0.1, 0.15) is 13.3 Å². The predicted molar refractivity (Wildman–Crippen MR) is 38.4 cm³/mol. The van der Waals surface area contributed by atoms with Crippen LogP contribution in [0.5, 0.6) is 0 Å². The van der Waals surface area contributed by atoms with Crippen molar-refractivity contribution in [3.8, 4) is 0 Å². The quantitative estimate of drug-likeness (QED) is 0.603. The van der Waals surface area contributed by atoms with Crippen molar-refractivity contribution >= 4 is 0 Å². The third-order valence-electron chi connectivity index (χ3n) is 1.51. The summed E-state index contributed by atoms with van der Waals surface area (Å²) >= 11 is 0. The molecule has 0 aromatic heterocycles. The van der Waals surface area contributed by atoms with E-state index in [-0.39, 0.29) is 0 Å². The molecular weight excluding hydrogens is 150 g/mol. The van der Waals surface area contributed by atoms with Crippen molar-refractivity contribution in [1.29, 1.82) is 0 Å². The summed E-state index contributed by atoms with van der Waals surface area (Å²) in [7, 11) is 0. The summed E-state index contributed by atoms with van der Waals surface area (Å²) in [6.07, 6.45) is 5.40. The van der Waals surface area contributed by atoms with Gasteiger partial charge in [-0.15, -0.1) is 0 Å². The molecule has 0 amide bonds. The summed E-state index contributed by atoms with van der Waals surface area (Å²) in [6.45, 7) is -0.777. The number of rotatable bonds is 2. The zero-order chi connectivity index (χ0) is 8.27. The van der Waals surface area contributed by atoms with Crippen LogP contribution < -0.4 is 0 Å². The highest BCUT2D eigenvalue weighted by atomic mass is 19.3. The fraction of sp³-hybridized carbons (Fsp3) is 0.500. The zero-order valence-electron chi connectivity index (χ0n) is 6.26. The molecule has 0 saturated heterocycles. The molecule has 0 aliphatic heterocycles. The largest absolute Gasteiger partial charge is 0.345 e. The topological polar surface area (TPSA) is 9.23 Å². The van der Waals surface area contributed by atoms with Crippen LogP contribution in [0.3, 0.4) is 0 Å². The molecule has 0 saturated carbocycles. The van der Waals surface area contributed by atoms with Crippen LogP contribution in [0.4, 0.5) is 8.78 Å². The predicted octanol–water partition coefficient (Wildman–Crippen LogP) is 2.50. The Hall–Kier alpha value is -0.700. The van der Waals surface area contributed by atoms with Crippen LogP contribution in [0.15, 0.2) is 23.8 Å². The van der Waals surface area contributed by atoms with Gasteiger partial charge in [0.05, 0.1) is 6.10 Å². The summed E-state index contributed by atoms with van der Waals surface area (Å²) in [5.74, 6) is 0. The Morgan fingerprint density at radius 1 is 1.64 bits per heavy atom. The third kappa shape index (κ3) is 2.80. The van der Waals surface area contributed by atoms with Crippen LogP contribution in [-0.2, 0) is 4.74 Å². The van der Waals surface area contributed by atoms with Gasteiger partial charge in [-0.2, -0.15) is 8.78 Å². The Bertz CT molecular complexity index is 185. The molecule has 0 radical (unpaired) electrons. The second-order valence-corrected chi connectivity index (χ2v) is 2.54. The van der Waals surface area contributed by atoms with Crippen molar-refractivity contribution in [3.05, 3.63) is 23.8 Å². The number of alkyl halides is 2. The maximum atomic E-state index is 11.7. The first kappa shape index (κ1) is 8.40. The Kier molecular flexibility index (Phi) is 2.76. The number of hydrogen-bond acceptors (Lipinski definition) is 1. The maximum absolute atomic E-state index is 11.7. The van der Waals surface area contributed by atoms with Crippen molar-refractivity contribution in [2.75, 3.05) is 0 Å². The molecule has 1 nitrogen and oxygen atoms in total. The molecule has 0 heterocycles. The SMILES string of the molecule is CC1=CC=CC(OC(F)F)C1. The van der Waals surface area contributed by atoms with Crippen molar-refractivity contribution in [3.63, 3.8) is 0 Å². The van der Waals surface area contributed by atoms with Crippen LogP contribution in [0.2, 0.25) is 0 Å². The van der Waals surface area contributed by atoms with Crippen LogP contribution in [0.25, 0.3) is 0 Å². The molecule has 1 atom stereocenters. The molecule has 1 aliphatic carbocycles. The number of ether oxygens (including phenoxy) is 1. The van der Waals surface area contributed by atoms with E-state index in [1.807, 2.05) is 13.0 Å². The van der Waals surface area contributed by atoms with E-state index in [0.717, 1.165) is 5.57 Å². The highest BCUT2D eigenvalue weighted by molar-refractivity contribution is 5.18. The molecule has 3 heteroatoms. The summed E-state index contributed by atoms with van der Waals surface area (Å²) in [6, 6.07) is 0. The Balaban J connectivity index is 2.40. The Morgan fingerprint density at radius 3 is 2.91 bits per heavy atom. The summed E-state index contributed by atoms with van der Waals surface area (Å²) in [5.41, 5.74) is 1.07. The molecule has 0 aromatic carbocycles. The lowest BCUT2D eigenvalue weighted by Gasteiger charge is -2.15. The number of allylic oxidation sites excluding steroid dienone is 2. The van der Waals surface area contributed by atoms with Crippen molar-refractivity contribution in [1.82, 2.24) is 0 Å². The van der Waals surface area contributed by atoms with E-state index < -0.39 is 12.7 Å². The monoisotopic (exact) mass is 160 g/mol. The summed E-state index contributed by atoms with van der Waals surface area (Å²) < 4.78 is 27.6. The molecule has 0 fully saturated rings. The molecule has 0 N–H and O–H groups in total. The van der Waals surface area contributed by atoms with Gasteiger partial charge in [-0.25, -0.2) is 0 Å². The minimum atomic E-state index is -2.67. The van der Waals surface area contributed by atoms with E-state index >= 15 is 0 Å².